The average molecular weight is 262 g/mol. The summed E-state index contributed by atoms with van der Waals surface area (Å²) in [5, 5.41) is 28.2. The van der Waals surface area contributed by atoms with E-state index >= 15 is 0 Å². The number of carboxylic acid groups (broad SMARTS) is 1. The molecule has 1 fully saturated rings. The highest BCUT2D eigenvalue weighted by atomic mass is 16.6. The fraction of sp³-hybridized carbons (Fsp3) is 0.364. The maximum Gasteiger partial charge on any atom is 0.303 e. The van der Waals surface area contributed by atoms with Gasteiger partial charge in [0.2, 0.25) is 0 Å². The van der Waals surface area contributed by atoms with E-state index in [0.29, 0.717) is 18.9 Å². The SMILES string of the molecule is N#Cc1cc([N+](=O)[O-])cnc1N1CC(CC(=O)O)C1. The summed E-state index contributed by atoms with van der Waals surface area (Å²) in [5.41, 5.74) is -0.106. The standard InChI is InChI=1S/C11H10N4O4/c12-3-8-2-9(15(18)19)4-13-11(8)14-5-7(6-14)1-10(16)17/h2,4,7H,1,5-6H2,(H,16,17). The molecule has 0 spiro atoms. The van der Waals surface area contributed by atoms with Crippen molar-refractivity contribution in [3.05, 3.63) is 27.9 Å². The van der Waals surface area contributed by atoms with E-state index in [1.54, 1.807) is 4.90 Å². The van der Waals surface area contributed by atoms with Crippen LogP contribution in [0, 0.1) is 27.4 Å². The lowest BCUT2D eigenvalue weighted by Gasteiger charge is -2.39. The molecular formula is C11H10N4O4. The van der Waals surface area contributed by atoms with Crippen molar-refractivity contribution in [2.45, 2.75) is 6.42 Å². The van der Waals surface area contributed by atoms with Gasteiger partial charge in [-0.3, -0.25) is 14.9 Å². The van der Waals surface area contributed by atoms with Crippen LogP contribution in [0.4, 0.5) is 11.5 Å². The molecule has 1 N–H and O–H groups in total. The molecule has 0 amide bonds. The first-order valence-corrected chi connectivity index (χ1v) is 5.52. The summed E-state index contributed by atoms with van der Waals surface area (Å²) in [7, 11) is 0. The molecule has 2 rings (SSSR count). The lowest BCUT2D eigenvalue weighted by atomic mass is 9.96. The van der Waals surface area contributed by atoms with Gasteiger partial charge in [-0.25, -0.2) is 4.98 Å². The van der Waals surface area contributed by atoms with Crippen molar-refractivity contribution < 1.29 is 14.8 Å². The first-order valence-electron chi connectivity index (χ1n) is 5.52. The first-order chi connectivity index (χ1) is 9.01. The summed E-state index contributed by atoms with van der Waals surface area (Å²) in [5.74, 6) is -0.461. The molecular weight excluding hydrogens is 252 g/mol. The van der Waals surface area contributed by atoms with E-state index in [1.165, 1.54) is 6.07 Å². The molecule has 8 nitrogen and oxygen atoms in total. The summed E-state index contributed by atoms with van der Waals surface area (Å²) in [6, 6.07) is 3.04. The van der Waals surface area contributed by atoms with E-state index in [0.717, 1.165) is 6.20 Å². The van der Waals surface area contributed by atoms with Crippen LogP contribution in [-0.2, 0) is 4.79 Å². The van der Waals surface area contributed by atoms with Gasteiger partial charge < -0.3 is 10.0 Å². The summed E-state index contributed by atoms with van der Waals surface area (Å²) in [4.78, 5) is 26.2. The third kappa shape index (κ3) is 2.60. The van der Waals surface area contributed by atoms with E-state index < -0.39 is 10.9 Å². The molecule has 8 heteroatoms. The lowest BCUT2D eigenvalue weighted by Crippen LogP contribution is -2.48. The molecule has 2 heterocycles. The highest BCUT2D eigenvalue weighted by Crippen LogP contribution is 2.29. The predicted octanol–water partition coefficient (Wildman–Crippen LogP) is 0.772. The number of carboxylic acids is 1. The van der Waals surface area contributed by atoms with Gasteiger partial charge >= 0.3 is 5.97 Å². The zero-order chi connectivity index (χ0) is 14.0. The Morgan fingerprint density at radius 2 is 2.37 bits per heavy atom. The van der Waals surface area contributed by atoms with Crippen molar-refractivity contribution >= 4 is 17.5 Å². The second kappa shape index (κ2) is 4.89. The van der Waals surface area contributed by atoms with E-state index in [2.05, 4.69) is 4.98 Å². The molecule has 0 aliphatic carbocycles. The first kappa shape index (κ1) is 12.8. The Kier molecular flexibility index (Phi) is 3.29. The molecule has 1 saturated heterocycles. The molecule has 1 aromatic heterocycles. The normalized spacial score (nSPS) is 14.6. The number of nitrogens with zero attached hydrogens (tertiary/aromatic N) is 4. The van der Waals surface area contributed by atoms with Gasteiger partial charge in [0, 0.05) is 25.1 Å². The Hall–Kier alpha value is -2.69. The lowest BCUT2D eigenvalue weighted by molar-refractivity contribution is -0.385. The number of nitriles is 1. The van der Waals surface area contributed by atoms with Gasteiger partial charge in [0.25, 0.3) is 5.69 Å². The van der Waals surface area contributed by atoms with Gasteiger partial charge in [-0.15, -0.1) is 0 Å². The summed E-state index contributed by atoms with van der Waals surface area (Å²) >= 11 is 0. The minimum atomic E-state index is -0.859. The van der Waals surface area contributed by atoms with Gasteiger partial charge in [-0.05, 0) is 0 Å². The summed E-state index contributed by atoms with van der Waals surface area (Å²) < 4.78 is 0. The summed E-state index contributed by atoms with van der Waals surface area (Å²) in [6.45, 7) is 0.984. The molecule has 0 unspecified atom stereocenters. The van der Waals surface area contributed by atoms with Gasteiger partial charge in [0.05, 0.1) is 11.3 Å². The monoisotopic (exact) mass is 262 g/mol. The second-order valence-corrected chi connectivity index (χ2v) is 4.30. The van der Waals surface area contributed by atoms with Crippen molar-refractivity contribution in [2.75, 3.05) is 18.0 Å². The zero-order valence-electron chi connectivity index (χ0n) is 9.81. The largest absolute Gasteiger partial charge is 0.481 e. The fourth-order valence-electron chi connectivity index (χ4n) is 2.00. The summed E-state index contributed by atoms with van der Waals surface area (Å²) in [6.07, 6.45) is 1.17. The van der Waals surface area contributed by atoms with Gasteiger partial charge in [0.15, 0.2) is 0 Å². The van der Waals surface area contributed by atoms with E-state index in [4.69, 9.17) is 10.4 Å². The van der Waals surface area contributed by atoms with Crippen LogP contribution in [0.5, 0.6) is 0 Å². The number of aliphatic carboxylic acids is 1. The van der Waals surface area contributed by atoms with Crippen LogP contribution >= 0.6 is 0 Å². The number of aromatic nitrogens is 1. The third-order valence-electron chi connectivity index (χ3n) is 2.90. The number of hydrogen-bond donors (Lipinski definition) is 1. The van der Waals surface area contributed by atoms with Crippen LogP contribution in [0.2, 0.25) is 0 Å². The highest BCUT2D eigenvalue weighted by Gasteiger charge is 2.31. The maximum absolute atomic E-state index is 10.6. The van der Waals surface area contributed by atoms with Crippen LogP contribution < -0.4 is 4.90 Å². The Labute approximate surface area is 108 Å². The fourth-order valence-corrected chi connectivity index (χ4v) is 2.00. The Bertz CT molecular complexity index is 575. The van der Waals surface area contributed by atoms with E-state index in [-0.39, 0.29) is 23.6 Å². The molecule has 0 aromatic carbocycles. The van der Waals surface area contributed by atoms with Crippen LogP contribution in [0.25, 0.3) is 0 Å². The number of carbonyl (C=O) groups is 1. The molecule has 0 atom stereocenters. The smallest absolute Gasteiger partial charge is 0.303 e. The molecule has 0 bridgehead atoms. The number of rotatable bonds is 4. The van der Waals surface area contributed by atoms with Crippen molar-refractivity contribution in [1.29, 1.82) is 5.26 Å². The van der Waals surface area contributed by atoms with Crippen LogP contribution in [0.15, 0.2) is 12.3 Å². The van der Waals surface area contributed by atoms with E-state index in [1.807, 2.05) is 6.07 Å². The topological polar surface area (TPSA) is 120 Å². The molecule has 19 heavy (non-hydrogen) atoms. The number of hydrogen-bond acceptors (Lipinski definition) is 6. The Morgan fingerprint density at radius 3 is 2.89 bits per heavy atom. The van der Waals surface area contributed by atoms with Crippen LogP contribution in [-0.4, -0.2) is 34.1 Å². The second-order valence-electron chi connectivity index (χ2n) is 4.30. The number of nitro groups is 1. The third-order valence-corrected chi connectivity index (χ3v) is 2.90. The van der Waals surface area contributed by atoms with Crippen molar-refractivity contribution in [3.63, 3.8) is 0 Å². The van der Waals surface area contributed by atoms with Crippen molar-refractivity contribution in [1.82, 2.24) is 4.98 Å². The number of anilines is 1. The van der Waals surface area contributed by atoms with Gasteiger partial charge in [-0.1, -0.05) is 0 Å². The predicted molar refractivity (Wildman–Crippen MR) is 63.6 cm³/mol. The average Bonchev–Trinajstić information content (AvgIpc) is 2.32. The van der Waals surface area contributed by atoms with Gasteiger partial charge in [0.1, 0.15) is 23.6 Å². The number of pyridine rings is 1. The molecule has 1 aliphatic heterocycles. The highest BCUT2D eigenvalue weighted by molar-refractivity contribution is 5.68. The molecule has 98 valence electrons. The van der Waals surface area contributed by atoms with E-state index in [9.17, 15) is 14.9 Å². The van der Waals surface area contributed by atoms with Crippen molar-refractivity contribution in [3.8, 4) is 6.07 Å². The zero-order valence-corrected chi connectivity index (χ0v) is 9.81. The molecule has 0 saturated carbocycles. The molecule has 1 aromatic rings. The van der Waals surface area contributed by atoms with Crippen LogP contribution in [0.3, 0.4) is 0 Å². The molecule has 1 aliphatic rings. The Balaban J connectivity index is 2.13. The van der Waals surface area contributed by atoms with Crippen LogP contribution in [0.1, 0.15) is 12.0 Å². The maximum atomic E-state index is 10.6. The minimum Gasteiger partial charge on any atom is -0.481 e. The molecule has 0 radical (unpaired) electrons. The Morgan fingerprint density at radius 1 is 1.68 bits per heavy atom. The quantitative estimate of drug-likeness (QED) is 0.628. The van der Waals surface area contributed by atoms with Crippen molar-refractivity contribution in [2.24, 2.45) is 5.92 Å². The van der Waals surface area contributed by atoms with Gasteiger partial charge in [-0.2, -0.15) is 5.26 Å². The minimum absolute atomic E-state index is 0.0287.